The Kier molecular flexibility index (Phi) is 7.83. The van der Waals surface area contributed by atoms with Gasteiger partial charge < -0.3 is 19.5 Å². The van der Waals surface area contributed by atoms with Crippen LogP contribution in [0, 0.1) is 24.2 Å². The highest BCUT2D eigenvalue weighted by Crippen LogP contribution is 2.49. The molecule has 1 fully saturated rings. The van der Waals surface area contributed by atoms with Gasteiger partial charge in [-0.3, -0.25) is 0 Å². The maximum atomic E-state index is 13.8. The number of methoxy groups -OCH3 is 1. The van der Waals surface area contributed by atoms with Gasteiger partial charge >= 0.3 is 5.97 Å². The molecule has 1 N–H and O–H groups in total. The van der Waals surface area contributed by atoms with E-state index in [0.717, 1.165) is 40.8 Å². The number of anilines is 1. The summed E-state index contributed by atoms with van der Waals surface area (Å²) in [4.78, 5) is 18.5. The van der Waals surface area contributed by atoms with Gasteiger partial charge in [0.2, 0.25) is 5.88 Å². The summed E-state index contributed by atoms with van der Waals surface area (Å²) < 4.78 is 18.0. The molecule has 0 spiro atoms. The van der Waals surface area contributed by atoms with Crippen LogP contribution in [0.15, 0.2) is 66.0 Å². The SMILES string of the molecule is COc1cc(C#N)ccc1C1C(C(=O)OCc2ccccc2)=C(C)Nc2c(C)cnc(OCC3CCCC3)c21. The summed E-state index contributed by atoms with van der Waals surface area (Å²) in [5.74, 6) is 0.492. The number of aromatic nitrogens is 1. The predicted octanol–water partition coefficient (Wildman–Crippen LogP) is 6.41. The lowest BCUT2D eigenvalue weighted by Gasteiger charge is -2.33. The van der Waals surface area contributed by atoms with Crippen LogP contribution in [-0.2, 0) is 16.1 Å². The molecule has 7 heteroatoms. The van der Waals surface area contributed by atoms with Crippen LogP contribution in [0.1, 0.15) is 66.3 Å². The number of rotatable bonds is 8. The topological polar surface area (TPSA) is 93.5 Å². The number of esters is 1. The molecule has 3 aromatic rings. The van der Waals surface area contributed by atoms with Crippen molar-refractivity contribution in [3.05, 3.63) is 93.8 Å². The summed E-state index contributed by atoms with van der Waals surface area (Å²) in [6.45, 7) is 4.59. The fourth-order valence-electron chi connectivity index (χ4n) is 5.55. The van der Waals surface area contributed by atoms with Crippen molar-refractivity contribution in [3.8, 4) is 17.7 Å². The molecule has 2 aromatic carbocycles. The van der Waals surface area contributed by atoms with Crippen molar-refractivity contribution >= 4 is 11.7 Å². The van der Waals surface area contributed by atoms with E-state index in [9.17, 15) is 10.1 Å². The molecule has 2 heterocycles. The maximum absolute atomic E-state index is 13.8. The van der Waals surface area contributed by atoms with Crippen molar-refractivity contribution in [3.63, 3.8) is 0 Å². The molecule has 0 amide bonds. The molecular formula is C32H33N3O4. The van der Waals surface area contributed by atoms with Crippen molar-refractivity contribution in [2.24, 2.45) is 5.92 Å². The molecule has 2 aliphatic rings. The smallest absolute Gasteiger partial charge is 0.337 e. The summed E-state index contributed by atoms with van der Waals surface area (Å²) in [7, 11) is 1.57. The Bertz CT molecular complexity index is 1440. The number of ether oxygens (including phenoxy) is 3. The second-order valence-electron chi connectivity index (χ2n) is 10.2. The van der Waals surface area contributed by atoms with Crippen molar-refractivity contribution < 1.29 is 19.0 Å². The largest absolute Gasteiger partial charge is 0.496 e. The second-order valence-corrected chi connectivity index (χ2v) is 10.2. The molecule has 1 aliphatic carbocycles. The minimum Gasteiger partial charge on any atom is -0.496 e. The molecule has 5 rings (SSSR count). The zero-order valence-corrected chi connectivity index (χ0v) is 22.6. The first-order valence-electron chi connectivity index (χ1n) is 13.4. The number of carbonyl (C=O) groups is 1. The number of nitrogens with zero attached hydrogens (tertiary/aromatic N) is 2. The van der Waals surface area contributed by atoms with Crippen molar-refractivity contribution in [1.82, 2.24) is 4.98 Å². The van der Waals surface area contributed by atoms with Gasteiger partial charge in [0.1, 0.15) is 12.4 Å². The quantitative estimate of drug-likeness (QED) is 0.341. The summed E-state index contributed by atoms with van der Waals surface area (Å²) in [5.41, 5.74) is 5.83. The van der Waals surface area contributed by atoms with Crippen molar-refractivity contribution in [1.29, 1.82) is 5.26 Å². The van der Waals surface area contributed by atoms with Crippen LogP contribution in [0.5, 0.6) is 11.6 Å². The van der Waals surface area contributed by atoms with Gasteiger partial charge in [0.05, 0.1) is 48.1 Å². The highest BCUT2D eigenvalue weighted by atomic mass is 16.5. The molecule has 39 heavy (non-hydrogen) atoms. The third kappa shape index (κ3) is 5.46. The average Bonchev–Trinajstić information content (AvgIpc) is 3.49. The highest BCUT2D eigenvalue weighted by Gasteiger charge is 2.38. The van der Waals surface area contributed by atoms with Crippen LogP contribution in [-0.4, -0.2) is 24.7 Å². The maximum Gasteiger partial charge on any atom is 0.337 e. The van der Waals surface area contributed by atoms with Crippen LogP contribution in [0.4, 0.5) is 5.69 Å². The number of hydrogen-bond acceptors (Lipinski definition) is 7. The fourth-order valence-corrected chi connectivity index (χ4v) is 5.55. The van der Waals surface area contributed by atoms with E-state index in [-0.39, 0.29) is 6.61 Å². The Morgan fingerprint density at radius 1 is 1.13 bits per heavy atom. The van der Waals surface area contributed by atoms with Gasteiger partial charge in [0.15, 0.2) is 0 Å². The lowest BCUT2D eigenvalue weighted by molar-refractivity contribution is -0.140. The summed E-state index contributed by atoms with van der Waals surface area (Å²) in [6.07, 6.45) is 6.54. The van der Waals surface area contributed by atoms with E-state index in [4.69, 9.17) is 19.2 Å². The first-order valence-corrected chi connectivity index (χ1v) is 13.4. The van der Waals surface area contributed by atoms with Crippen molar-refractivity contribution in [2.75, 3.05) is 19.0 Å². The third-order valence-corrected chi connectivity index (χ3v) is 7.60. The molecule has 1 atom stereocenters. The Balaban J connectivity index is 1.61. The van der Waals surface area contributed by atoms with Gasteiger partial charge in [-0.05, 0) is 55.9 Å². The Morgan fingerprint density at radius 3 is 2.62 bits per heavy atom. The number of fused-ring (bicyclic) bond motifs is 1. The zero-order valence-electron chi connectivity index (χ0n) is 22.6. The van der Waals surface area contributed by atoms with Gasteiger partial charge in [0.25, 0.3) is 0 Å². The van der Waals surface area contributed by atoms with Crippen LogP contribution in [0.25, 0.3) is 0 Å². The van der Waals surface area contributed by atoms with Gasteiger partial charge in [-0.15, -0.1) is 0 Å². The number of allylic oxidation sites excluding steroid dienone is 1. The molecule has 0 bridgehead atoms. The van der Waals surface area contributed by atoms with E-state index in [1.807, 2.05) is 50.2 Å². The highest BCUT2D eigenvalue weighted by molar-refractivity contribution is 5.95. The van der Waals surface area contributed by atoms with Gasteiger partial charge in [-0.2, -0.15) is 5.26 Å². The fraction of sp³-hybridized carbons (Fsp3) is 0.344. The molecular weight excluding hydrogens is 490 g/mol. The first kappa shape index (κ1) is 26.3. The summed E-state index contributed by atoms with van der Waals surface area (Å²) in [6, 6.07) is 17.1. The lowest BCUT2D eigenvalue weighted by atomic mass is 9.79. The van der Waals surface area contributed by atoms with Crippen molar-refractivity contribution in [2.45, 2.75) is 52.1 Å². The number of carbonyl (C=O) groups excluding carboxylic acids is 1. The normalized spacial score (nSPS) is 16.7. The van der Waals surface area contributed by atoms with Gasteiger partial charge in [-0.25, -0.2) is 9.78 Å². The molecule has 1 unspecified atom stereocenters. The van der Waals surface area contributed by atoms with Crippen LogP contribution in [0.2, 0.25) is 0 Å². The van der Waals surface area contributed by atoms with E-state index >= 15 is 0 Å². The van der Waals surface area contributed by atoms with Crippen LogP contribution < -0.4 is 14.8 Å². The van der Waals surface area contributed by atoms with E-state index in [0.29, 0.717) is 41.0 Å². The number of nitriles is 1. The zero-order chi connectivity index (χ0) is 27.4. The minimum atomic E-state index is -0.571. The monoisotopic (exact) mass is 523 g/mol. The number of nitrogens with one attached hydrogen (secondary N) is 1. The molecule has 200 valence electrons. The standard InChI is InChI=1S/C32H33N3O4/c1-20-17-34-31(38-18-22-11-7-8-12-22)29-28(25-14-13-24(16-33)15-26(25)37-3)27(21(2)35-30(20)29)32(36)39-19-23-9-5-4-6-10-23/h4-6,9-10,13-15,17,22,28,35H,7-8,11-12,18-19H2,1-3H3. The number of pyridine rings is 1. The lowest BCUT2D eigenvalue weighted by Crippen LogP contribution is -2.26. The van der Waals surface area contributed by atoms with E-state index in [1.54, 1.807) is 25.4 Å². The van der Waals surface area contributed by atoms with Crippen LogP contribution >= 0.6 is 0 Å². The van der Waals surface area contributed by atoms with E-state index in [1.165, 1.54) is 12.8 Å². The molecule has 0 saturated heterocycles. The van der Waals surface area contributed by atoms with Gasteiger partial charge in [-0.1, -0.05) is 49.2 Å². The minimum absolute atomic E-state index is 0.150. The Morgan fingerprint density at radius 2 is 1.90 bits per heavy atom. The summed E-state index contributed by atoms with van der Waals surface area (Å²) >= 11 is 0. The number of hydrogen-bond donors (Lipinski definition) is 1. The third-order valence-electron chi connectivity index (χ3n) is 7.60. The first-order chi connectivity index (χ1) is 19.0. The molecule has 1 aromatic heterocycles. The molecule has 1 saturated carbocycles. The Labute approximate surface area is 229 Å². The number of aryl methyl sites for hydroxylation is 1. The molecule has 7 nitrogen and oxygen atoms in total. The van der Waals surface area contributed by atoms with E-state index in [2.05, 4.69) is 11.4 Å². The van der Waals surface area contributed by atoms with Crippen LogP contribution in [0.3, 0.4) is 0 Å². The Hall–Kier alpha value is -4.31. The number of benzene rings is 2. The summed E-state index contributed by atoms with van der Waals surface area (Å²) in [5, 5.41) is 13.0. The molecule has 0 radical (unpaired) electrons. The second kappa shape index (κ2) is 11.6. The van der Waals surface area contributed by atoms with Gasteiger partial charge in [0, 0.05) is 17.5 Å². The predicted molar refractivity (Wildman–Crippen MR) is 149 cm³/mol. The molecule has 1 aliphatic heterocycles. The van der Waals surface area contributed by atoms with E-state index < -0.39 is 11.9 Å². The average molecular weight is 524 g/mol.